The largest absolute Gasteiger partial charge is 0.395 e. The van der Waals surface area contributed by atoms with Crippen molar-refractivity contribution in [1.82, 2.24) is 0 Å². The molecular formula is C19H30O. The van der Waals surface area contributed by atoms with Crippen molar-refractivity contribution in [3.63, 3.8) is 0 Å². The smallest absolute Gasteiger partial charge is 0.0524 e. The molecule has 112 valence electrons. The van der Waals surface area contributed by atoms with Gasteiger partial charge in [-0.1, -0.05) is 31.9 Å². The molecule has 1 nitrogen and oxygen atoms in total. The van der Waals surface area contributed by atoms with E-state index < -0.39 is 0 Å². The first-order valence-electron chi connectivity index (χ1n) is 8.98. The van der Waals surface area contributed by atoms with E-state index in [2.05, 4.69) is 19.1 Å². The normalized spacial score (nSPS) is 54.1. The summed E-state index contributed by atoms with van der Waals surface area (Å²) in [6, 6.07) is 0. The average molecular weight is 274 g/mol. The Labute approximate surface area is 123 Å². The van der Waals surface area contributed by atoms with Crippen LogP contribution in [0.4, 0.5) is 0 Å². The Kier molecular flexibility index (Phi) is 3.07. The van der Waals surface area contributed by atoms with E-state index in [1.807, 2.05) is 0 Å². The zero-order valence-corrected chi connectivity index (χ0v) is 13.0. The zero-order valence-electron chi connectivity index (χ0n) is 13.0. The molecule has 0 aromatic heterocycles. The van der Waals surface area contributed by atoms with Crippen molar-refractivity contribution in [2.24, 2.45) is 34.5 Å². The first-order chi connectivity index (χ1) is 9.70. The fourth-order valence-corrected chi connectivity index (χ4v) is 6.85. The number of fused-ring (bicyclic) bond motifs is 5. The first-order valence-corrected chi connectivity index (χ1v) is 8.98. The van der Waals surface area contributed by atoms with Crippen molar-refractivity contribution in [1.29, 1.82) is 0 Å². The quantitative estimate of drug-likeness (QED) is 0.695. The van der Waals surface area contributed by atoms with Gasteiger partial charge in [-0.3, -0.25) is 0 Å². The van der Waals surface area contributed by atoms with Crippen LogP contribution in [0.1, 0.15) is 64.7 Å². The summed E-state index contributed by atoms with van der Waals surface area (Å²) in [4.78, 5) is 0. The van der Waals surface area contributed by atoms with Gasteiger partial charge in [-0.05, 0) is 74.0 Å². The predicted molar refractivity (Wildman–Crippen MR) is 82.3 cm³/mol. The van der Waals surface area contributed by atoms with Crippen molar-refractivity contribution in [3.05, 3.63) is 12.2 Å². The number of rotatable bonds is 1. The second-order valence-electron chi connectivity index (χ2n) is 8.47. The van der Waals surface area contributed by atoms with Crippen LogP contribution < -0.4 is 0 Å². The second-order valence-corrected chi connectivity index (χ2v) is 8.47. The maximum Gasteiger partial charge on any atom is 0.0524 e. The minimum Gasteiger partial charge on any atom is -0.395 e. The molecule has 0 saturated heterocycles. The minimum absolute atomic E-state index is 0.166. The molecule has 0 amide bonds. The van der Waals surface area contributed by atoms with Crippen molar-refractivity contribution >= 4 is 0 Å². The molecule has 4 aliphatic rings. The molecule has 0 aromatic carbocycles. The topological polar surface area (TPSA) is 20.2 Å². The highest BCUT2D eigenvalue weighted by molar-refractivity contribution is 5.17. The van der Waals surface area contributed by atoms with Gasteiger partial charge in [0.05, 0.1) is 6.61 Å². The van der Waals surface area contributed by atoms with E-state index >= 15 is 0 Å². The fourth-order valence-electron chi connectivity index (χ4n) is 6.85. The molecule has 1 heteroatoms. The summed E-state index contributed by atoms with van der Waals surface area (Å²) in [5.41, 5.74) is 0.796. The first kappa shape index (κ1) is 13.4. The standard InChI is InChI=1S/C19H30O/c1-18-10-3-2-5-14(18)7-8-15-16(18)9-12-19(13-20)11-4-6-17(15)19/h4,11,14-17,20H,2-3,5-10,12-13H2,1H3/t14-,15-,16+,17+,18+,19+/m1/s1. The lowest BCUT2D eigenvalue weighted by atomic mass is 9.45. The van der Waals surface area contributed by atoms with Gasteiger partial charge in [0.15, 0.2) is 0 Å². The molecule has 3 fully saturated rings. The van der Waals surface area contributed by atoms with Gasteiger partial charge in [0.2, 0.25) is 0 Å². The number of allylic oxidation sites excluding steroid dienone is 1. The van der Waals surface area contributed by atoms with E-state index in [0.717, 1.165) is 23.7 Å². The molecule has 20 heavy (non-hydrogen) atoms. The van der Waals surface area contributed by atoms with Crippen LogP contribution in [-0.2, 0) is 0 Å². The van der Waals surface area contributed by atoms with E-state index in [4.69, 9.17) is 0 Å². The third-order valence-corrected chi connectivity index (χ3v) is 7.97. The van der Waals surface area contributed by atoms with Crippen molar-refractivity contribution in [3.8, 4) is 0 Å². The van der Waals surface area contributed by atoms with Crippen LogP contribution in [0.25, 0.3) is 0 Å². The number of aliphatic hydroxyl groups excluding tert-OH is 1. The summed E-state index contributed by atoms with van der Waals surface area (Å²) < 4.78 is 0. The highest BCUT2D eigenvalue weighted by atomic mass is 16.3. The Bertz CT molecular complexity index is 414. The van der Waals surface area contributed by atoms with Crippen LogP contribution in [0.3, 0.4) is 0 Å². The van der Waals surface area contributed by atoms with Gasteiger partial charge in [-0.15, -0.1) is 0 Å². The molecule has 0 bridgehead atoms. The SMILES string of the molecule is C[C@]12CCCC[C@@H]1CC[C@H]1[C@@H]3CC=C[C@@]3(CO)CC[C@@H]12. The Morgan fingerprint density at radius 3 is 2.80 bits per heavy atom. The number of aliphatic hydroxyl groups is 1. The third-order valence-electron chi connectivity index (χ3n) is 7.97. The lowest BCUT2D eigenvalue weighted by Crippen LogP contribution is -2.53. The molecule has 1 N–H and O–H groups in total. The summed E-state index contributed by atoms with van der Waals surface area (Å²) >= 11 is 0. The molecule has 4 rings (SSSR count). The van der Waals surface area contributed by atoms with Gasteiger partial charge < -0.3 is 5.11 Å². The molecule has 4 aliphatic carbocycles. The van der Waals surface area contributed by atoms with Crippen molar-refractivity contribution in [2.45, 2.75) is 64.7 Å². The van der Waals surface area contributed by atoms with Gasteiger partial charge in [0.25, 0.3) is 0 Å². The molecule has 3 saturated carbocycles. The molecule has 0 aromatic rings. The lowest BCUT2D eigenvalue weighted by molar-refractivity contribution is -0.109. The number of hydrogen-bond donors (Lipinski definition) is 1. The number of hydrogen-bond acceptors (Lipinski definition) is 1. The summed E-state index contributed by atoms with van der Waals surface area (Å²) in [6.45, 7) is 3.01. The Balaban J connectivity index is 1.65. The van der Waals surface area contributed by atoms with Crippen molar-refractivity contribution < 1.29 is 5.11 Å². The van der Waals surface area contributed by atoms with Crippen LogP contribution >= 0.6 is 0 Å². The average Bonchev–Trinajstić information content (AvgIpc) is 2.91. The highest BCUT2D eigenvalue weighted by Gasteiger charge is 2.57. The van der Waals surface area contributed by atoms with Gasteiger partial charge in [0.1, 0.15) is 0 Å². The van der Waals surface area contributed by atoms with E-state index in [0.29, 0.717) is 12.0 Å². The Morgan fingerprint density at radius 1 is 1.05 bits per heavy atom. The zero-order chi connectivity index (χ0) is 13.8. The molecular weight excluding hydrogens is 244 g/mol. The van der Waals surface area contributed by atoms with Gasteiger partial charge >= 0.3 is 0 Å². The van der Waals surface area contributed by atoms with E-state index in [-0.39, 0.29) is 5.41 Å². The maximum absolute atomic E-state index is 9.99. The Morgan fingerprint density at radius 2 is 1.95 bits per heavy atom. The highest BCUT2D eigenvalue weighted by Crippen LogP contribution is 2.64. The van der Waals surface area contributed by atoms with Gasteiger partial charge in [-0.25, -0.2) is 0 Å². The minimum atomic E-state index is 0.166. The molecule has 0 heterocycles. The van der Waals surface area contributed by atoms with Crippen LogP contribution in [0.15, 0.2) is 12.2 Å². The van der Waals surface area contributed by atoms with E-state index in [9.17, 15) is 5.11 Å². The summed E-state index contributed by atoms with van der Waals surface area (Å²) in [5.74, 6) is 3.61. The summed E-state index contributed by atoms with van der Waals surface area (Å²) in [7, 11) is 0. The second kappa shape index (κ2) is 4.60. The molecule has 0 radical (unpaired) electrons. The van der Waals surface area contributed by atoms with Crippen LogP contribution in [0.2, 0.25) is 0 Å². The molecule has 0 unspecified atom stereocenters. The van der Waals surface area contributed by atoms with Crippen LogP contribution in [0, 0.1) is 34.5 Å². The van der Waals surface area contributed by atoms with Gasteiger partial charge in [0, 0.05) is 5.41 Å². The van der Waals surface area contributed by atoms with Crippen LogP contribution in [0.5, 0.6) is 0 Å². The Hall–Kier alpha value is -0.300. The molecule has 6 atom stereocenters. The molecule has 0 aliphatic heterocycles. The lowest BCUT2D eigenvalue weighted by Gasteiger charge is -2.60. The van der Waals surface area contributed by atoms with E-state index in [1.54, 1.807) is 0 Å². The fraction of sp³-hybridized carbons (Fsp3) is 0.895. The van der Waals surface area contributed by atoms with Crippen LogP contribution in [-0.4, -0.2) is 11.7 Å². The maximum atomic E-state index is 9.99. The van der Waals surface area contributed by atoms with E-state index in [1.165, 1.54) is 57.8 Å². The van der Waals surface area contributed by atoms with Gasteiger partial charge in [-0.2, -0.15) is 0 Å². The third kappa shape index (κ3) is 1.65. The summed E-state index contributed by atoms with van der Waals surface area (Å²) in [6.07, 6.45) is 17.4. The predicted octanol–water partition coefficient (Wildman–Crippen LogP) is 4.56. The van der Waals surface area contributed by atoms with Crippen molar-refractivity contribution in [2.75, 3.05) is 6.61 Å². The monoisotopic (exact) mass is 274 g/mol. The molecule has 0 spiro atoms. The summed E-state index contributed by atoms with van der Waals surface area (Å²) in [5, 5.41) is 9.99.